The number of carbonyl (C=O) groups excluding carboxylic acids is 1. The Hall–Kier alpha value is -4.35. The molecule has 2 aromatic carbocycles. The third-order valence-corrected chi connectivity index (χ3v) is 6.26. The van der Waals surface area contributed by atoms with Crippen LogP contribution >= 0.6 is 0 Å². The van der Waals surface area contributed by atoms with Crippen LogP contribution in [0.1, 0.15) is 18.0 Å². The van der Waals surface area contributed by atoms with E-state index in [2.05, 4.69) is 15.3 Å². The van der Waals surface area contributed by atoms with Crippen LogP contribution in [0.5, 0.6) is 5.75 Å². The van der Waals surface area contributed by atoms with Gasteiger partial charge in [-0.3, -0.25) is 4.79 Å². The normalized spacial score (nSPS) is 15.8. The van der Waals surface area contributed by atoms with Crippen LogP contribution in [-0.4, -0.2) is 45.7 Å². The molecule has 1 aliphatic rings. The van der Waals surface area contributed by atoms with E-state index in [0.29, 0.717) is 34.6 Å². The van der Waals surface area contributed by atoms with Crippen LogP contribution in [0.3, 0.4) is 0 Å². The van der Waals surface area contributed by atoms with Crippen molar-refractivity contribution in [3.63, 3.8) is 0 Å². The Bertz CT molecular complexity index is 1480. The van der Waals surface area contributed by atoms with Crippen molar-refractivity contribution in [2.45, 2.75) is 25.1 Å². The number of anilines is 1. The van der Waals surface area contributed by atoms with E-state index in [-0.39, 0.29) is 17.7 Å². The van der Waals surface area contributed by atoms with E-state index in [4.69, 9.17) is 4.74 Å². The number of fused-ring (bicyclic) bond motifs is 1. The summed E-state index contributed by atoms with van der Waals surface area (Å²) in [6, 6.07) is 12.4. The molecule has 196 valence electrons. The van der Waals surface area contributed by atoms with E-state index in [1.807, 2.05) is 0 Å². The minimum Gasteiger partial charge on any atom is -0.496 e. The number of aromatic nitrogens is 4. The lowest BCUT2D eigenvalue weighted by Gasteiger charge is -2.26. The highest BCUT2D eigenvalue weighted by Crippen LogP contribution is 2.36. The molecule has 12 heteroatoms. The van der Waals surface area contributed by atoms with Crippen LogP contribution in [0.15, 0.2) is 60.8 Å². The number of alkyl halides is 3. The molecular weight excluding hydrogens is 509 g/mol. The average molecular weight is 529 g/mol. The molecule has 0 saturated heterocycles. The summed E-state index contributed by atoms with van der Waals surface area (Å²) in [5.41, 5.74) is 2.33. The molecule has 1 aliphatic heterocycles. The van der Waals surface area contributed by atoms with Gasteiger partial charge in [0.15, 0.2) is 0 Å². The molecule has 1 amide bonds. The number of ether oxygens (including phenoxy) is 1. The van der Waals surface area contributed by atoms with Crippen molar-refractivity contribution in [1.29, 1.82) is 0 Å². The number of nitrogens with zero attached hydrogens (tertiary/aromatic N) is 5. The summed E-state index contributed by atoms with van der Waals surface area (Å²) in [6.45, 7) is -1.42. The minimum atomic E-state index is -4.59. The van der Waals surface area contributed by atoms with Gasteiger partial charge in [0.1, 0.15) is 24.0 Å². The van der Waals surface area contributed by atoms with Crippen molar-refractivity contribution in [3.05, 3.63) is 78.3 Å². The molecule has 5 rings (SSSR count). The lowest BCUT2D eigenvalue weighted by molar-refractivity contribution is -0.134. The Kier molecular flexibility index (Phi) is 6.55. The fourth-order valence-electron chi connectivity index (χ4n) is 4.56. The van der Waals surface area contributed by atoms with E-state index in [1.165, 1.54) is 24.1 Å². The number of rotatable bonds is 5. The molecule has 0 N–H and O–H groups in total. The molecule has 1 atom stereocenters. The van der Waals surface area contributed by atoms with Gasteiger partial charge in [-0.25, -0.2) is 4.68 Å². The first-order valence-corrected chi connectivity index (χ1v) is 11.5. The van der Waals surface area contributed by atoms with Crippen LogP contribution in [-0.2, 0) is 11.2 Å². The quantitative estimate of drug-likeness (QED) is 0.257. The van der Waals surface area contributed by atoms with Gasteiger partial charge in [0.25, 0.3) is 5.91 Å². The number of hydrogen-bond donors (Lipinski definition) is 0. The fraction of sp³-hybridized carbons (Fsp3) is 0.231. The van der Waals surface area contributed by atoms with E-state index in [0.717, 1.165) is 17.0 Å². The van der Waals surface area contributed by atoms with Gasteiger partial charge in [-0.05, 0) is 42.2 Å². The zero-order valence-corrected chi connectivity index (χ0v) is 19.9. The summed E-state index contributed by atoms with van der Waals surface area (Å²) in [5.74, 6) is -2.41. The number of amides is 1. The largest absolute Gasteiger partial charge is 0.496 e. The minimum absolute atomic E-state index is 0.218. The van der Waals surface area contributed by atoms with Gasteiger partial charge in [0, 0.05) is 28.9 Å². The standard InChI is InChI=1S/C26H20F5N5O2/c1-38-22-10-16(6-8-18(22)17-11-23(27)32-24(28)12-17)19-13-36(34-33-19)21-9-7-15-4-2-3-5-20(15)35(25(21)37)14-26(29,30)31/h2-6,8,10-13,21H,7,9,14H2,1H3. The molecular formula is C26H20F5N5O2. The van der Waals surface area contributed by atoms with Gasteiger partial charge < -0.3 is 9.64 Å². The topological polar surface area (TPSA) is 73.1 Å². The number of aryl methyl sites for hydroxylation is 1. The SMILES string of the molecule is COc1cc(-c2cn(C3CCc4ccccc4N(CC(F)(F)F)C3=O)nn2)ccc1-c1cc(F)nc(F)c1. The molecule has 2 aromatic heterocycles. The zero-order valence-electron chi connectivity index (χ0n) is 19.9. The summed E-state index contributed by atoms with van der Waals surface area (Å²) < 4.78 is 74.1. The second kappa shape index (κ2) is 9.84. The van der Waals surface area contributed by atoms with Crippen molar-refractivity contribution < 1.29 is 31.5 Å². The Balaban J connectivity index is 1.47. The molecule has 4 aromatic rings. The lowest BCUT2D eigenvalue weighted by Crippen LogP contribution is -2.42. The highest BCUT2D eigenvalue weighted by atomic mass is 19.4. The molecule has 38 heavy (non-hydrogen) atoms. The Morgan fingerprint density at radius 2 is 1.76 bits per heavy atom. The maximum atomic E-state index is 13.6. The van der Waals surface area contributed by atoms with Crippen molar-refractivity contribution >= 4 is 11.6 Å². The Morgan fingerprint density at radius 3 is 2.47 bits per heavy atom. The molecule has 7 nitrogen and oxygen atoms in total. The summed E-state index contributed by atoms with van der Waals surface area (Å²) in [5, 5.41) is 8.17. The van der Waals surface area contributed by atoms with Gasteiger partial charge in [0.2, 0.25) is 11.9 Å². The molecule has 3 heterocycles. The van der Waals surface area contributed by atoms with Crippen molar-refractivity contribution in [2.75, 3.05) is 18.6 Å². The van der Waals surface area contributed by atoms with Crippen LogP contribution < -0.4 is 9.64 Å². The predicted molar refractivity (Wildman–Crippen MR) is 127 cm³/mol. The highest BCUT2D eigenvalue weighted by molar-refractivity contribution is 5.97. The summed E-state index contributed by atoms with van der Waals surface area (Å²) in [6.07, 6.45) is -2.51. The average Bonchev–Trinajstić information content (AvgIpc) is 3.31. The monoisotopic (exact) mass is 529 g/mol. The van der Waals surface area contributed by atoms with Gasteiger partial charge in [-0.1, -0.05) is 29.5 Å². The predicted octanol–water partition coefficient (Wildman–Crippen LogP) is 5.38. The Labute approximate surface area is 213 Å². The summed E-state index contributed by atoms with van der Waals surface area (Å²) in [4.78, 5) is 17.2. The number of hydrogen-bond acceptors (Lipinski definition) is 5. The number of carbonyl (C=O) groups is 1. The first-order chi connectivity index (χ1) is 18.1. The zero-order chi connectivity index (χ0) is 27.0. The second-order valence-electron chi connectivity index (χ2n) is 8.72. The van der Waals surface area contributed by atoms with Crippen LogP contribution in [0.2, 0.25) is 0 Å². The van der Waals surface area contributed by atoms with E-state index in [9.17, 15) is 26.7 Å². The van der Waals surface area contributed by atoms with Gasteiger partial charge in [0.05, 0.1) is 13.3 Å². The molecule has 0 spiro atoms. The second-order valence-corrected chi connectivity index (χ2v) is 8.72. The van der Waals surface area contributed by atoms with Crippen molar-refractivity contribution in [3.8, 4) is 28.1 Å². The van der Waals surface area contributed by atoms with E-state index in [1.54, 1.807) is 36.4 Å². The third kappa shape index (κ3) is 5.06. The molecule has 0 fully saturated rings. The number of pyridine rings is 1. The van der Waals surface area contributed by atoms with Gasteiger partial charge in [-0.2, -0.15) is 26.9 Å². The number of benzene rings is 2. The third-order valence-electron chi connectivity index (χ3n) is 6.26. The molecule has 0 saturated carbocycles. The number of methoxy groups -OCH3 is 1. The van der Waals surface area contributed by atoms with Crippen molar-refractivity contribution in [1.82, 2.24) is 20.0 Å². The first kappa shape index (κ1) is 25.3. The maximum absolute atomic E-state index is 13.6. The maximum Gasteiger partial charge on any atom is 0.406 e. The molecule has 0 aliphatic carbocycles. The van der Waals surface area contributed by atoms with Gasteiger partial charge in [-0.15, -0.1) is 5.10 Å². The van der Waals surface area contributed by atoms with E-state index < -0.39 is 36.6 Å². The van der Waals surface area contributed by atoms with Crippen LogP contribution in [0.4, 0.5) is 27.6 Å². The van der Waals surface area contributed by atoms with Crippen molar-refractivity contribution in [2.24, 2.45) is 0 Å². The number of halogens is 5. The Morgan fingerprint density at radius 1 is 1.03 bits per heavy atom. The first-order valence-electron chi connectivity index (χ1n) is 11.5. The summed E-state index contributed by atoms with van der Waals surface area (Å²) in [7, 11) is 1.39. The smallest absolute Gasteiger partial charge is 0.406 e. The van der Waals surface area contributed by atoms with Crippen LogP contribution in [0.25, 0.3) is 22.4 Å². The van der Waals surface area contributed by atoms with Gasteiger partial charge >= 0.3 is 6.18 Å². The fourth-order valence-corrected chi connectivity index (χ4v) is 4.56. The highest BCUT2D eigenvalue weighted by Gasteiger charge is 2.39. The molecule has 0 bridgehead atoms. The number of para-hydroxylation sites is 1. The van der Waals surface area contributed by atoms with Crippen LogP contribution in [0, 0.1) is 11.9 Å². The molecule has 1 unspecified atom stereocenters. The summed E-state index contributed by atoms with van der Waals surface area (Å²) >= 11 is 0. The molecule has 0 radical (unpaired) electrons. The van der Waals surface area contributed by atoms with E-state index >= 15 is 0 Å². The lowest BCUT2D eigenvalue weighted by atomic mass is 10.0.